The molecule has 2 aromatic rings. The minimum absolute atomic E-state index is 0.596. The van der Waals surface area contributed by atoms with Crippen LogP contribution < -0.4 is 4.74 Å². The number of hydrogen-bond acceptors (Lipinski definition) is 4. The number of ether oxygens (including phenoxy) is 1. The normalized spacial score (nSPS) is 12.4. The van der Waals surface area contributed by atoms with Crippen molar-refractivity contribution in [1.82, 2.24) is 4.98 Å². The van der Waals surface area contributed by atoms with Crippen LogP contribution in [0, 0.1) is 6.92 Å². The molecule has 17 heavy (non-hydrogen) atoms. The van der Waals surface area contributed by atoms with Gasteiger partial charge in [0.05, 0.1) is 12.8 Å². The lowest BCUT2D eigenvalue weighted by molar-refractivity contribution is 0.222. The Morgan fingerprint density at radius 2 is 2.29 bits per heavy atom. The number of aliphatic hydroxyl groups excluding tert-OH is 1. The van der Waals surface area contributed by atoms with E-state index in [-0.39, 0.29) is 0 Å². The first-order valence-corrected chi connectivity index (χ1v) is 6.40. The van der Waals surface area contributed by atoms with Gasteiger partial charge < -0.3 is 9.84 Å². The lowest BCUT2D eigenvalue weighted by Gasteiger charge is -2.11. The van der Waals surface area contributed by atoms with E-state index in [4.69, 9.17) is 4.74 Å². The van der Waals surface area contributed by atoms with Crippen molar-refractivity contribution in [2.75, 3.05) is 6.61 Å². The van der Waals surface area contributed by atoms with Crippen LogP contribution in [0.1, 0.15) is 29.0 Å². The summed E-state index contributed by atoms with van der Waals surface area (Å²) in [5.41, 5.74) is 1.87. The van der Waals surface area contributed by atoms with Crippen LogP contribution in [-0.2, 0) is 0 Å². The molecule has 0 saturated carbocycles. The fourth-order valence-electron chi connectivity index (χ4n) is 1.65. The molecule has 1 unspecified atom stereocenters. The van der Waals surface area contributed by atoms with Crippen LogP contribution in [-0.4, -0.2) is 16.7 Å². The number of aryl methyl sites for hydroxylation is 1. The molecular formula is C13H15NO2S. The van der Waals surface area contributed by atoms with Crippen LogP contribution in [0.5, 0.6) is 5.75 Å². The van der Waals surface area contributed by atoms with Gasteiger partial charge in [0.15, 0.2) is 0 Å². The highest BCUT2D eigenvalue weighted by atomic mass is 32.1. The molecule has 0 saturated heterocycles. The predicted molar refractivity (Wildman–Crippen MR) is 68.5 cm³/mol. The first kappa shape index (κ1) is 12.1. The lowest BCUT2D eigenvalue weighted by atomic mass is 10.1. The minimum Gasteiger partial charge on any atom is -0.492 e. The second-order valence-electron chi connectivity index (χ2n) is 3.76. The van der Waals surface area contributed by atoms with E-state index in [1.54, 1.807) is 23.7 Å². The maximum Gasteiger partial charge on any atom is 0.137 e. The van der Waals surface area contributed by atoms with E-state index >= 15 is 0 Å². The summed E-state index contributed by atoms with van der Waals surface area (Å²) in [7, 11) is 0. The summed E-state index contributed by atoms with van der Waals surface area (Å²) in [5.74, 6) is 0.693. The van der Waals surface area contributed by atoms with E-state index in [9.17, 15) is 5.11 Å². The number of pyridine rings is 1. The molecule has 1 atom stereocenters. The molecule has 2 rings (SSSR count). The Balaban J connectivity index is 2.28. The van der Waals surface area contributed by atoms with Crippen LogP contribution in [0.3, 0.4) is 0 Å². The molecule has 0 bridgehead atoms. The molecule has 0 aromatic carbocycles. The van der Waals surface area contributed by atoms with Gasteiger partial charge in [0, 0.05) is 16.6 Å². The topological polar surface area (TPSA) is 42.4 Å². The molecule has 0 aliphatic rings. The molecule has 0 spiro atoms. The number of aliphatic hydroxyl groups is 1. The Morgan fingerprint density at radius 1 is 1.47 bits per heavy atom. The maximum atomic E-state index is 10.3. The van der Waals surface area contributed by atoms with Crippen molar-refractivity contribution in [3.05, 3.63) is 45.9 Å². The molecule has 0 aliphatic heterocycles. The first-order valence-electron chi connectivity index (χ1n) is 5.52. The molecule has 2 heterocycles. The minimum atomic E-state index is -0.622. The van der Waals surface area contributed by atoms with E-state index in [1.165, 1.54) is 0 Å². The fourth-order valence-corrected chi connectivity index (χ4v) is 2.58. The number of aromatic nitrogens is 1. The molecule has 90 valence electrons. The van der Waals surface area contributed by atoms with Gasteiger partial charge in [-0.3, -0.25) is 4.98 Å². The van der Waals surface area contributed by atoms with Crippen molar-refractivity contribution in [2.45, 2.75) is 20.0 Å². The molecule has 1 N–H and O–H groups in total. The summed E-state index contributed by atoms with van der Waals surface area (Å²) in [5, 5.41) is 12.2. The third-order valence-corrected chi connectivity index (χ3v) is 3.58. The summed E-state index contributed by atoms with van der Waals surface area (Å²) < 4.78 is 5.37. The van der Waals surface area contributed by atoms with Gasteiger partial charge in [0.25, 0.3) is 0 Å². The van der Waals surface area contributed by atoms with Crippen LogP contribution in [0.25, 0.3) is 0 Å². The predicted octanol–water partition coefficient (Wildman–Crippen LogP) is 2.93. The van der Waals surface area contributed by atoms with Crippen molar-refractivity contribution < 1.29 is 9.84 Å². The second kappa shape index (κ2) is 5.29. The van der Waals surface area contributed by atoms with E-state index in [0.29, 0.717) is 12.4 Å². The highest BCUT2D eigenvalue weighted by Crippen LogP contribution is 2.30. The Labute approximate surface area is 105 Å². The molecule has 4 heteroatoms. The summed E-state index contributed by atoms with van der Waals surface area (Å²) in [4.78, 5) is 5.04. The largest absolute Gasteiger partial charge is 0.492 e. The molecule has 0 aliphatic carbocycles. The average molecular weight is 249 g/mol. The zero-order chi connectivity index (χ0) is 12.3. The van der Waals surface area contributed by atoms with Crippen molar-refractivity contribution in [1.29, 1.82) is 0 Å². The van der Waals surface area contributed by atoms with Crippen molar-refractivity contribution >= 4 is 11.3 Å². The van der Waals surface area contributed by atoms with Gasteiger partial charge in [0.2, 0.25) is 0 Å². The molecule has 0 amide bonds. The Kier molecular flexibility index (Phi) is 3.76. The standard InChI is InChI=1S/C13H15NO2S/c1-3-16-11-6-10(7-14-8-11)12(15)13-9(2)4-5-17-13/h4-8,12,15H,3H2,1-2H3. The van der Waals surface area contributed by atoms with Gasteiger partial charge >= 0.3 is 0 Å². The van der Waals surface area contributed by atoms with E-state index in [1.807, 2.05) is 31.4 Å². The summed E-state index contributed by atoms with van der Waals surface area (Å²) in [6.45, 7) is 4.51. The Bertz CT molecular complexity index is 496. The summed E-state index contributed by atoms with van der Waals surface area (Å²) in [6, 6.07) is 3.84. The van der Waals surface area contributed by atoms with Gasteiger partial charge in [-0.2, -0.15) is 0 Å². The van der Waals surface area contributed by atoms with Crippen molar-refractivity contribution in [2.24, 2.45) is 0 Å². The summed E-state index contributed by atoms with van der Waals surface area (Å²) >= 11 is 1.55. The molecule has 0 radical (unpaired) electrons. The SMILES string of the molecule is CCOc1cncc(C(O)c2sccc2C)c1. The zero-order valence-corrected chi connectivity index (χ0v) is 10.7. The average Bonchev–Trinajstić information content (AvgIpc) is 2.75. The third kappa shape index (κ3) is 2.65. The molecule has 3 nitrogen and oxygen atoms in total. The maximum absolute atomic E-state index is 10.3. The Hall–Kier alpha value is -1.39. The van der Waals surface area contributed by atoms with Crippen LogP contribution in [0.15, 0.2) is 29.9 Å². The van der Waals surface area contributed by atoms with Gasteiger partial charge in [-0.25, -0.2) is 0 Å². The third-order valence-electron chi connectivity index (χ3n) is 2.51. The number of hydrogen-bond donors (Lipinski definition) is 1. The van der Waals surface area contributed by atoms with E-state index < -0.39 is 6.10 Å². The van der Waals surface area contributed by atoms with E-state index in [0.717, 1.165) is 16.0 Å². The second-order valence-corrected chi connectivity index (χ2v) is 4.71. The zero-order valence-electron chi connectivity index (χ0n) is 9.88. The molecule has 0 fully saturated rings. The quantitative estimate of drug-likeness (QED) is 0.906. The molecular weight excluding hydrogens is 234 g/mol. The van der Waals surface area contributed by atoms with Gasteiger partial charge in [-0.1, -0.05) is 0 Å². The highest BCUT2D eigenvalue weighted by molar-refractivity contribution is 7.10. The lowest BCUT2D eigenvalue weighted by Crippen LogP contribution is -2.01. The monoisotopic (exact) mass is 249 g/mol. The van der Waals surface area contributed by atoms with Gasteiger partial charge in [-0.15, -0.1) is 11.3 Å². The van der Waals surface area contributed by atoms with Crippen molar-refractivity contribution in [3.8, 4) is 5.75 Å². The number of rotatable bonds is 4. The number of thiophene rings is 1. The first-order chi connectivity index (χ1) is 8.22. The molecule has 2 aromatic heterocycles. The van der Waals surface area contributed by atoms with Crippen LogP contribution in [0.2, 0.25) is 0 Å². The fraction of sp³-hybridized carbons (Fsp3) is 0.308. The van der Waals surface area contributed by atoms with E-state index in [2.05, 4.69) is 4.98 Å². The highest BCUT2D eigenvalue weighted by Gasteiger charge is 2.15. The summed E-state index contributed by atoms with van der Waals surface area (Å²) in [6.07, 6.45) is 2.70. The van der Waals surface area contributed by atoms with Crippen molar-refractivity contribution in [3.63, 3.8) is 0 Å². The van der Waals surface area contributed by atoms with Gasteiger partial charge in [-0.05, 0) is 36.9 Å². The van der Waals surface area contributed by atoms with Crippen LogP contribution >= 0.6 is 11.3 Å². The Morgan fingerprint density at radius 3 is 2.94 bits per heavy atom. The van der Waals surface area contributed by atoms with Crippen LogP contribution in [0.4, 0.5) is 0 Å². The van der Waals surface area contributed by atoms with Gasteiger partial charge in [0.1, 0.15) is 11.9 Å². The smallest absolute Gasteiger partial charge is 0.137 e. The number of nitrogens with zero attached hydrogens (tertiary/aromatic N) is 1.